The first-order valence-corrected chi connectivity index (χ1v) is 7.88. The molecule has 22 heavy (non-hydrogen) atoms. The van der Waals surface area contributed by atoms with Crippen LogP contribution in [0.25, 0.3) is 0 Å². The van der Waals surface area contributed by atoms with Crippen LogP contribution < -0.4 is 10.1 Å². The molecule has 0 aromatic carbocycles. The minimum atomic E-state index is 0.0898. The molecule has 5 heteroatoms. The maximum Gasteiger partial charge on any atom is 0.218 e. The quantitative estimate of drug-likeness (QED) is 0.686. The Morgan fingerprint density at radius 1 is 1.41 bits per heavy atom. The average molecular weight is 304 g/mol. The fraction of sp³-hybridized carbons (Fsp3) is 0.647. The van der Waals surface area contributed by atoms with Crippen molar-refractivity contribution >= 4 is 5.96 Å². The summed E-state index contributed by atoms with van der Waals surface area (Å²) in [6.45, 7) is 13.4. The third-order valence-corrected chi connectivity index (χ3v) is 4.92. The maximum atomic E-state index is 5.57. The zero-order valence-electron chi connectivity index (χ0n) is 14.6. The van der Waals surface area contributed by atoms with Crippen LogP contribution >= 0.6 is 0 Å². The van der Waals surface area contributed by atoms with Crippen LogP contribution in [-0.4, -0.2) is 41.6 Å². The second-order valence-corrected chi connectivity index (χ2v) is 6.83. The smallest absolute Gasteiger partial charge is 0.218 e. The summed E-state index contributed by atoms with van der Waals surface area (Å²) in [5, 5.41) is 3.44. The minimum absolute atomic E-state index is 0.0898. The van der Waals surface area contributed by atoms with Gasteiger partial charge in [0, 0.05) is 42.9 Å². The highest BCUT2D eigenvalue weighted by atomic mass is 16.5. The van der Waals surface area contributed by atoms with Gasteiger partial charge < -0.3 is 15.0 Å². The summed E-state index contributed by atoms with van der Waals surface area (Å²) in [5.41, 5.74) is 1.42. The average Bonchev–Trinajstić information content (AvgIpc) is 2.48. The second kappa shape index (κ2) is 6.15. The molecule has 1 aliphatic heterocycles. The molecule has 0 unspecified atom stereocenters. The number of likely N-dealkylation sites (tertiary alicyclic amines) is 1. The lowest BCUT2D eigenvalue weighted by Gasteiger charge is -2.62. The molecular weight excluding hydrogens is 276 g/mol. The predicted molar refractivity (Wildman–Crippen MR) is 90.2 cm³/mol. The van der Waals surface area contributed by atoms with Crippen molar-refractivity contribution < 1.29 is 4.74 Å². The molecule has 1 aromatic heterocycles. The number of hydrogen-bond acceptors (Lipinski definition) is 3. The fourth-order valence-electron chi connectivity index (χ4n) is 2.69. The Morgan fingerprint density at radius 2 is 2.14 bits per heavy atom. The van der Waals surface area contributed by atoms with E-state index in [1.54, 1.807) is 6.20 Å². The van der Waals surface area contributed by atoms with Gasteiger partial charge >= 0.3 is 0 Å². The first-order chi connectivity index (χ1) is 10.3. The third kappa shape index (κ3) is 2.89. The first-order valence-electron chi connectivity index (χ1n) is 7.88. The van der Waals surface area contributed by atoms with E-state index < -0.39 is 0 Å². The van der Waals surface area contributed by atoms with Crippen LogP contribution in [0.15, 0.2) is 23.3 Å². The van der Waals surface area contributed by atoms with E-state index in [0.717, 1.165) is 18.1 Å². The Morgan fingerprint density at radius 3 is 2.68 bits per heavy atom. The molecule has 1 N–H and O–H groups in total. The van der Waals surface area contributed by atoms with Gasteiger partial charge in [-0.1, -0.05) is 19.9 Å². The molecule has 0 amide bonds. The summed E-state index contributed by atoms with van der Waals surface area (Å²) in [6.07, 6.45) is 1.75. The van der Waals surface area contributed by atoms with Crippen molar-refractivity contribution in [1.29, 1.82) is 0 Å². The van der Waals surface area contributed by atoms with Gasteiger partial charge in [-0.05, 0) is 26.8 Å². The van der Waals surface area contributed by atoms with Crippen LogP contribution in [0.2, 0.25) is 0 Å². The van der Waals surface area contributed by atoms with Gasteiger partial charge in [0.25, 0.3) is 0 Å². The van der Waals surface area contributed by atoms with E-state index in [-0.39, 0.29) is 11.0 Å². The molecule has 1 fully saturated rings. The molecule has 1 saturated heterocycles. The zero-order valence-corrected chi connectivity index (χ0v) is 14.6. The van der Waals surface area contributed by atoms with E-state index in [2.05, 4.69) is 47.9 Å². The molecular formula is C17H28N4O. The topological polar surface area (TPSA) is 49.8 Å². The summed E-state index contributed by atoms with van der Waals surface area (Å²) in [6, 6.07) is 3.96. The van der Waals surface area contributed by atoms with Crippen LogP contribution in [0, 0.1) is 5.41 Å². The highest BCUT2D eigenvalue weighted by Crippen LogP contribution is 2.46. The molecule has 5 nitrogen and oxygen atoms in total. The summed E-state index contributed by atoms with van der Waals surface area (Å²) in [4.78, 5) is 11.0. The summed E-state index contributed by atoms with van der Waals surface area (Å²) in [5.74, 6) is 1.62. The van der Waals surface area contributed by atoms with Gasteiger partial charge in [-0.15, -0.1) is 0 Å². The standard InChI is InChI=1S/C17H28N4O/c1-7-22-14-13(9-8-10-19-14)11-20-15(18-6)21-12-16(2,3)17(21,4)5/h8-10H,7,11-12H2,1-6H3,(H,18,20). The van der Waals surface area contributed by atoms with Crippen LogP contribution in [0.4, 0.5) is 0 Å². The second-order valence-electron chi connectivity index (χ2n) is 6.83. The van der Waals surface area contributed by atoms with Crippen LogP contribution in [0.5, 0.6) is 5.88 Å². The van der Waals surface area contributed by atoms with Gasteiger partial charge in [0.15, 0.2) is 5.96 Å². The lowest BCUT2D eigenvalue weighted by atomic mass is 9.65. The van der Waals surface area contributed by atoms with Crippen LogP contribution in [0.1, 0.15) is 40.2 Å². The van der Waals surface area contributed by atoms with Crippen LogP contribution in [-0.2, 0) is 6.54 Å². The number of rotatable bonds is 4. The largest absolute Gasteiger partial charge is 0.478 e. The monoisotopic (exact) mass is 304 g/mol. The molecule has 0 radical (unpaired) electrons. The van der Waals surface area contributed by atoms with Crippen molar-refractivity contribution in [1.82, 2.24) is 15.2 Å². The number of hydrogen-bond donors (Lipinski definition) is 1. The number of guanidine groups is 1. The van der Waals surface area contributed by atoms with E-state index in [0.29, 0.717) is 19.0 Å². The normalized spacial score (nSPS) is 19.5. The number of ether oxygens (including phenoxy) is 1. The zero-order chi connectivity index (χ0) is 16.4. The van der Waals surface area contributed by atoms with E-state index in [4.69, 9.17) is 4.74 Å². The van der Waals surface area contributed by atoms with E-state index in [1.807, 2.05) is 26.1 Å². The number of pyridine rings is 1. The fourth-order valence-corrected chi connectivity index (χ4v) is 2.69. The molecule has 2 heterocycles. The molecule has 122 valence electrons. The molecule has 2 rings (SSSR count). The maximum absolute atomic E-state index is 5.57. The molecule has 0 saturated carbocycles. The van der Waals surface area contributed by atoms with Gasteiger partial charge in [0.1, 0.15) is 0 Å². The Labute approximate surface area is 133 Å². The van der Waals surface area contributed by atoms with Gasteiger partial charge in [0.2, 0.25) is 5.88 Å². The van der Waals surface area contributed by atoms with Crippen molar-refractivity contribution in [2.75, 3.05) is 20.2 Å². The van der Waals surface area contributed by atoms with Crippen molar-refractivity contribution in [2.45, 2.75) is 46.7 Å². The summed E-state index contributed by atoms with van der Waals surface area (Å²) >= 11 is 0. The Bertz CT molecular complexity index is 551. The van der Waals surface area contributed by atoms with Gasteiger partial charge in [-0.25, -0.2) is 4.98 Å². The molecule has 1 aromatic rings. The Balaban J connectivity index is 2.05. The van der Waals surface area contributed by atoms with E-state index >= 15 is 0 Å². The van der Waals surface area contributed by atoms with Crippen molar-refractivity contribution in [3.8, 4) is 5.88 Å². The summed E-state index contributed by atoms with van der Waals surface area (Å²) in [7, 11) is 1.83. The van der Waals surface area contributed by atoms with Gasteiger partial charge in [0.05, 0.1) is 6.61 Å². The van der Waals surface area contributed by atoms with Gasteiger partial charge in [-0.2, -0.15) is 0 Å². The van der Waals surface area contributed by atoms with E-state index in [1.165, 1.54) is 0 Å². The van der Waals surface area contributed by atoms with Crippen LogP contribution in [0.3, 0.4) is 0 Å². The lowest BCUT2D eigenvalue weighted by Crippen LogP contribution is -2.72. The number of aromatic nitrogens is 1. The summed E-state index contributed by atoms with van der Waals surface area (Å²) < 4.78 is 5.57. The van der Waals surface area contributed by atoms with Crippen molar-refractivity contribution in [2.24, 2.45) is 10.4 Å². The number of nitrogens with zero attached hydrogens (tertiary/aromatic N) is 3. The SMILES string of the molecule is CCOc1ncccc1CNC(=NC)N1CC(C)(C)C1(C)C. The molecule has 0 atom stereocenters. The lowest BCUT2D eigenvalue weighted by molar-refractivity contribution is -0.0668. The molecule has 1 aliphatic rings. The number of aliphatic imine (C=N–C) groups is 1. The molecule has 0 aliphatic carbocycles. The highest BCUT2D eigenvalue weighted by molar-refractivity contribution is 5.82. The van der Waals surface area contributed by atoms with Gasteiger partial charge in [-0.3, -0.25) is 4.99 Å². The van der Waals surface area contributed by atoms with E-state index in [9.17, 15) is 0 Å². The first kappa shape index (κ1) is 16.6. The Hall–Kier alpha value is -1.78. The van der Waals surface area contributed by atoms with Crippen molar-refractivity contribution in [3.63, 3.8) is 0 Å². The van der Waals surface area contributed by atoms with Crippen molar-refractivity contribution in [3.05, 3.63) is 23.9 Å². The molecule has 0 bridgehead atoms. The number of nitrogens with one attached hydrogen (secondary N) is 1. The Kier molecular flexibility index (Phi) is 4.63. The molecule has 0 spiro atoms. The predicted octanol–water partition coefficient (Wildman–Crippen LogP) is 2.68. The highest BCUT2D eigenvalue weighted by Gasteiger charge is 2.53. The minimum Gasteiger partial charge on any atom is -0.478 e. The third-order valence-electron chi connectivity index (χ3n) is 4.92.